The molecule has 1 aromatic carbocycles. The van der Waals surface area contributed by atoms with E-state index in [-0.39, 0.29) is 0 Å². The van der Waals surface area contributed by atoms with Gasteiger partial charge in [-0.05, 0) is 54.1 Å². The van der Waals surface area contributed by atoms with Crippen molar-refractivity contribution in [3.63, 3.8) is 0 Å². The van der Waals surface area contributed by atoms with Gasteiger partial charge in [0.2, 0.25) is 0 Å². The summed E-state index contributed by atoms with van der Waals surface area (Å²) in [5.74, 6) is 3.24. The quantitative estimate of drug-likeness (QED) is 0.623. The lowest BCUT2D eigenvalue weighted by molar-refractivity contribution is 0.309. The normalized spacial score (nSPS) is 36.7. The zero-order valence-electron chi connectivity index (χ0n) is 10.8. The highest BCUT2D eigenvalue weighted by atomic mass is 14.4. The monoisotopic (exact) mass is 236 g/mol. The second-order valence-electron chi connectivity index (χ2n) is 6.12. The maximum Gasteiger partial charge on any atom is -0.0124 e. The van der Waals surface area contributed by atoms with Crippen molar-refractivity contribution in [3.05, 3.63) is 59.7 Å². The van der Waals surface area contributed by atoms with Crippen molar-refractivity contribution < 1.29 is 0 Å². The Morgan fingerprint density at radius 1 is 0.944 bits per heavy atom. The lowest BCUT2D eigenvalue weighted by atomic mass is 9.75. The third kappa shape index (κ3) is 1.51. The van der Waals surface area contributed by atoms with Crippen LogP contribution in [0.15, 0.2) is 48.6 Å². The number of hydrogen-bond acceptors (Lipinski definition) is 0. The SMILES string of the molecule is C1=CC2Cc3ccccc3C3CCCC3C2C=C1. The zero-order chi connectivity index (χ0) is 11.9. The first-order chi connectivity index (χ1) is 8.93. The molecule has 4 rings (SSSR count). The van der Waals surface area contributed by atoms with E-state index in [0.717, 1.165) is 23.7 Å². The van der Waals surface area contributed by atoms with Crippen molar-refractivity contribution in [1.82, 2.24) is 0 Å². The van der Waals surface area contributed by atoms with Crippen LogP contribution >= 0.6 is 0 Å². The molecule has 0 heteroatoms. The van der Waals surface area contributed by atoms with Crippen LogP contribution in [0.4, 0.5) is 0 Å². The third-order valence-electron chi connectivity index (χ3n) is 5.27. The Kier molecular flexibility index (Phi) is 2.43. The van der Waals surface area contributed by atoms with Gasteiger partial charge in [-0.1, -0.05) is 55.0 Å². The number of allylic oxidation sites excluding steroid dienone is 4. The topological polar surface area (TPSA) is 0 Å². The molecular weight excluding hydrogens is 216 g/mol. The Morgan fingerprint density at radius 3 is 2.83 bits per heavy atom. The van der Waals surface area contributed by atoms with Gasteiger partial charge >= 0.3 is 0 Å². The Morgan fingerprint density at radius 2 is 1.83 bits per heavy atom. The average Bonchev–Trinajstić information content (AvgIpc) is 2.84. The van der Waals surface area contributed by atoms with Crippen LogP contribution in [0.5, 0.6) is 0 Å². The Hall–Kier alpha value is -1.30. The predicted molar refractivity (Wildman–Crippen MR) is 75.5 cm³/mol. The molecule has 3 aliphatic carbocycles. The second-order valence-corrected chi connectivity index (χ2v) is 6.12. The second kappa shape index (κ2) is 4.12. The van der Waals surface area contributed by atoms with Crippen LogP contribution in [-0.2, 0) is 6.42 Å². The van der Waals surface area contributed by atoms with Crippen LogP contribution in [0, 0.1) is 17.8 Å². The Bertz CT molecular complexity index is 509. The van der Waals surface area contributed by atoms with Crippen LogP contribution in [-0.4, -0.2) is 0 Å². The zero-order valence-corrected chi connectivity index (χ0v) is 10.8. The maximum atomic E-state index is 2.49. The summed E-state index contributed by atoms with van der Waals surface area (Å²) >= 11 is 0. The molecule has 4 unspecified atom stereocenters. The molecule has 3 aliphatic rings. The van der Waals surface area contributed by atoms with E-state index in [1.165, 1.54) is 25.7 Å². The first kappa shape index (κ1) is 10.6. The molecule has 0 aliphatic heterocycles. The summed E-state index contributed by atoms with van der Waals surface area (Å²) in [4.78, 5) is 0. The summed E-state index contributed by atoms with van der Waals surface area (Å²) in [7, 11) is 0. The van der Waals surface area contributed by atoms with Crippen molar-refractivity contribution in [1.29, 1.82) is 0 Å². The van der Waals surface area contributed by atoms with E-state index >= 15 is 0 Å². The van der Waals surface area contributed by atoms with Crippen LogP contribution in [0.2, 0.25) is 0 Å². The van der Waals surface area contributed by atoms with Gasteiger partial charge in [0.05, 0.1) is 0 Å². The van der Waals surface area contributed by atoms with Crippen LogP contribution in [0.1, 0.15) is 36.3 Å². The first-order valence-electron chi connectivity index (χ1n) is 7.36. The van der Waals surface area contributed by atoms with E-state index in [1.807, 2.05) is 0 Å². The molecule has 1 aromatic rings. The summed E-state index contributed by atoms with van der Waals surface area (Å²) in [6.07, 6.45) is 15.0. The Labute approximate surface area is 109 Å². The minimum Gasteiger partial charge on any atom is -0.0805 e. The molecule has 18 heavy (non-hydrogen) atoms. The summed E-state index contributed by atoms with van der Waals surface area (Å²) < 4.78 is 0. The van der Waals surface area contributed by atoms with Crippen molar-refractivity contribution in [2.24, 2.45) is 17.8 Å². The smallest absolute Gasteiger partial charge is 0.0124 e. The van der Waals surface area contributed by atoms with E-state index < -0.39 is 0 Å². The number of rotatable bonds is 0. The van der Waals surface area contributed by atoms with Gasteiger partial charge in [0.15, 0.2) is 0 Å². The fourth-order valence-electron chi connectivity index (χ4n) is 4.51. The highest BCUT2D eigenvalue weighted by molar-refractivity contribution is 5.36. The van der Waals surface area contributed by atoms with E-state index in [0.29, 0.717) is 0 Å². The molecule has 1 saturated carbocycles. The number of benzene rings is 1. The highest BCUT2D eigenvalue weighted by Crippen LogP contribution is 2.51. The van der Waals surface area contributed by atoms with E-state index in [4.69, 9.17) is 0 Å². The van der Waals surface area contributed by atoms with Gasteiger partial charge in [0.1, 0.15) is 0 Å². The first-order valence-corrected chi connectivity index (χ1v) is 7.36. The molecule has 0 bridgehead atoms. The summed E-state index contributed by atoms with van der Waals surface area (Å²) in [5, 5.41) is 0. The van der Waals surface area contributed by atoms with Crippen molar-refractivity contribution in [2.45, 2.75) is 31.6 Å². The number of fused-ring (bicyclic) bond motifs is 5. The molecule has 0 spiro atoms. The molecule has 92 valence electrons. The summed E-state index contributed by atoms with van der Waals surface area (Å²) in [6.45, 7) is 0. The minimum atomic E-state index is 0.740. The standard InChI is InChI=1S/C18H20/c1-3-8-15-13(6-1)12-14-7-2-4-9-16(14)18-11-5-10-17(15)18/h1-4,6-9,13,15,17-18H,5,10-12H2. The van der Waals surface area contributed by atoms with E-state index in [1.54, 1.807) is 11.1 Å². The van der Waals surface area contributed by atoms with E-state index in [2.05, 4.69) is 48.6 Å². The predicted octanol–water partition coefficient (Wildman–Crippen LogP) is 4.48. The molecule has 0 nitrogen and oxygen atoms in total. The summed E-state index contributed by atoms with van der Waals surface area (Å²) in [5.41, 5.74) is 3.28. The molecule has 0 aromatic heterocycles. The van der Waals surface area contributed by atoms with Crippen molar-refractivity contribution >= 4 is 0 Å². The number of hydrogen-bond donors (Lipinski definition) is 0. The highest BCUT2D eigenvalue weighted by Gasteiger charge is 2.40. The van der Waals surface area contributed by atoms with Crippen LogP contribution in [0.25, 0.3) is 0 Å². The van der Waals surface area contributed by atoms with Crippen molar-refractivity contribution in [3.8, 4) is 0 Å². The largest absolute Gasteiger partial charge is 0.0805 e. The Balaban J connectivity index is 1.84. The van der Waals surface area contributed by atoms with Gasteiger partial charge in [0, 0.05) is 0 Å². The van der Waals surface area contributed by atoms with Crippen LogP contribution in [0.3, 0.4) is 0 Å². The van der Waals surface area contributed by atoms with Gasteiger partial charge in [-0.25, -0.2) is 0 Å². The van der Waals surface area contributed by atoms with Gasteiger partial charge in [-0.2, -0.15) is 0 Å². The van der Waals surface area contributed by atoms with Gasteiger partial charge in [0.25, 0.3) is 0 Å². The fourth-order valence-corrected chi connectivity index (χ4v) is 4.51. The van der Waals surface area contributed by atoms with E-state index in [9.17, 15) is 0 Å². The lowest BCUT2D eigenvalue weighted by Crippen LogP contribution is -2.22. The lowest BCUT2D eigenvalue weighted by Gasteiger charge is -2.29. The molecule has 0 amide bonds. The van der Waals surface area contributed by atoms with Gasteiger partial charge in [-0.15, -0.1) is 0 Å². The summed E-state index contributed by atoms with van der Waals surface area (Å²) in [6, 6.07) is 9.20. The van der Waals surface area contributed by atoms with Crippen molar-refractivity contribution in [2.75, 3.05) is 0 Å². The molecule has 1 fully saturated rings. The molecule has 0 radical (unpaired) electrons. The minimum absolute atomic E-state index is 0.740. The molecule has 0 N–H and O–H groups in total. The van der Waals surface area contributed by atoms with Crippen LogP contribution < -0.4 is 0 Å². The third-order valence-corrected chi connectivity index (χ3v) is 5.27. The molecule has 0 heterocycles. The molecule has 4 atom stereocenters. The maximum absolute atomic E-state index is 2.49. The molecule has 0 saturated heterocycles. The average molecular weight is 236 g/mol. The molecular formula is C18H20. The fraction of sp³-hybridized carbons (Fsp3) is 0.444. The van der Waals surface area contributed by atoms with Gasteiger partial charge < -0.3 is 0 Å². The van der Waals surface area contributed by atoms with Gasteiger partial charge in [-0.3, -0.25) is 0 Å².